The number of nitrogens with one attached hydrogen (secondary N) is 1. The summed E-state index contributed by atoms with van der Waals surface area (Å²) in [7, 11) is 0. The zero-order chi connectivity index (χ0) is 9.68. The molecule has 0 bridgehead atoms. The average molecular weight is 202 g/mol. The zero-order valence-corrected chi connectivity index (χ0v) is 8.21. The van der Waals surface area contributed by atoms with Gasteiger partial charge in [-0.15, -0.1) is 11.6 Å². The van der Waals surface area contributed by atoms with Crippen molar-refractivity contribution < 1.29 is 4.79 Å². The zero-order valence-electron chi connectivity index (χ0n) is 7.46. The Labute approximate surface area is 81.9 Å². The molecule has 0 unspecified atom stereocenters. The van der Waals surface area contributed by atoms with Crippen molar-refractivity contribution >= 4 is 17.5 Å². The number of hydrogen-bond acceptors (Lipinski definition) is 2. The maximum Gasteiger partial charge on any atom is 0.239 e. The summed E-state index contributed by atoms with van der Waals surface area (Å²) in [6, 6.07) is 0. The monoisotopic (exact) mass is 201 g/mol. The first-order valence-electron chi connectivity index (χ1n) is 4.09. The molecular weight excluding hydrogens is 190 g/mol. The largest absolute Gasteiger partial charge is 0.355 e. The van der Waals surface area contributed by atoms with Gasteiger partial charge in [0.2, 0.25) is 5.91 Å². The van der Waals surface area contributed by atoms with Gasteiger partial charge < -0.3 is 9.88 Å². The second-order valence-corrected chi connectivity index (χ2v) is 2.87. The van der Waals surface area contributed by atoms with Crippen molar-refractivity contribution in [1.82, 2.24) is 14.9 Å². The lowest BCUT2D eigenvalue weighted by atomic mass is 10.5. The number of imidazole rings is 1. The summed E-state index contributed by atoms with van der Waals surface area (Å²) in [5.74, 6) is 0.353. The van der Waals surface area contributed by atoms with Gasteiger partial charge in [0.25, 0.3) is 0 Å². The minimum atomic E-state index is -0.0214. The van der Waals surface area contributed by atoms with Gasteiger partial charge in [-0.3, -0.25) is 4.79 Å². The Kier molecular flexibility index (Phi) is 3.76. The van der Waals surface area contributed by atoms with E-state index in [9.17, 15) is 4.79 Å². The standard InChI is InChI=1S/C8H12ClN3O/c1-2-11-8(13)5-12-6-10-4-7(12)3-9/h4,6H,2-3,5H2,1H3,(H,11,13). The predicted octanol–water partition coefficient (Wildman–Crippen LogP) is 0.758. The molecule has 0 spiro atoms. The highest BCUT2D eigenvalue weighted by molar-refractivity contribution is 6.16. The van der Waals surface area contributed by atoms with E-state index in [4.69, 9.17) is 11.6 Å². The first-order valence-corrected chi connectivity index (χ1v) is 4.63. The summed E-state index contributed by atoms with van der Waals surface area (Å²) >= 11 is 5.64. The summed E-state index contributed by atoms with van der Waals surface area (Å²) in [6.07, 6.45) is 3.26. The third-order valence-electron chi connectivity index (χ3n) is 1.62. The molecule has 1 amide bonds. The molecule has 0 aliphatic carbocycles. The van der Waals surface area contributed by atoms with Gasteiger partial charge >= 0.3 is 0 Å². The molecule has 0 aliphatic heterocycles. The molecule has 0 atom stereocenters. The van der Waals surface area contributed by atoms with Crippen LogP contribution in [-0.2, 0) is 17.2 Å². The van der Waals surface area contributed by atoms with E-state index in [1.807, 2.05) is 6.92 Å². The molecule has 72 valence electrons. The fourth-order valence-electron chi connectivity index (χ4n) is 1.01. The molecule has 0 aromatic carbocycles. The van der Waals surface area contributed by atoms with Crippen LogP contribution in [0.5, 0.6) is 0 Å². The number of hydrogen-bond donors (Lipinski definition) is 1. The van der Waals surface area contributed by atoms with Crippen molar-refractivity contribution in [2.24, 2.45) is 0 Å². The summed E-state index contributed by atoms with van der Waals surface area (Å²) in [5, 5.41) is 2.70. The Morgan fingerprint density at radius 3 is 3.15 bits per heavy atom. The fourth-order valence-corrected chi connectivity index (χ4v) is 1.23. The number of nitrogens with zero attached hydrogens (tertiary/aromatic N) is 2. The highest BCUT2D eigenvalue weighted by Crippen LogP contribution is 2.02. The van der Waals surface area contributed by atoms with Crippen molar-refractivity contribution in [2.45, 2.75) is 19.3 Å². The molecule has 13 heavy (non-hydrogen) atoms. The number of halogens is 1. The van der Waals surface area contributed by atoms with Crippen molar-refractivity contribution in [3.63, 3.8) is 0 Å². The number of alkyl halides is 1. The van der Waals surface area contributed by atoms with Crippen molar-refractivity contribution in [1.29, 1.82) is 0 Å². The van der Waals surface area contributed by atoms with Gasteiger partial charge in [0.15, 0.2) is 0 Å². The van der Waals surface area contributed by atoms with E-state index < -0.39 is 0 Å². The van der Waals surface area contributed by atoms with E-state index in [2.05, 4.69) is 10.3 Å². The van der Waals surface area contributed by atoms with Crippen LogP contribution in [0.4, 0.5) is 0 Å². The predicted molar refractivity (Wildman–Crippen MR) is 50.5 cm³/mol. The van der Waals surface area contributed by atoms with Gasteiger partial charge in [0, 0.05) is 12.7 Å². The van der Waals surface area contributed by atoms with Crippen LogP contribution in [0.1, 0.15) is 12.6 Å². The van der Waals surface area contributed by atoms with Crippen molar-refractivity contribution in [3.05, 3.63) is 18.2 Å². The summed E-state index contributed by atoms with van der Waals surface area (Å²) in [4.78, 5) is 15.1. The molecule has 0 radical (unpaired) electrons. The smallest absolute Gasteiger partial charge is 0.239 e. The molecule has 4 nitrogen and oxygen atoms in total. The molecule has 5 heteroatoms. The van der Waals surface area contributed by atoms with Crippen LogP contribution in [0.2, 0.25) is 0 Å². The Bertz CT molecular complexity index is 285. The molecule has 0 saturated carbocycles. The van der Waals surface area contributed by atoms with Gasteiger partial charge in [-0.25, -0.2) is 4.98 Å². The number of likely N-dealkylation sites (N-methyl/N-ethyl adjacent to an activating group) is 1. The Morgan fingerprint density at radius 2 is 2.54 bits per heavy atom. The highest BCUT2D eigenvalue weighted by atomic mass is 35.5. The lowest BCUT2D eigenvalue weighted by molar-refractivity contribution is -0.121. The normalized spacial score (nSPS) is 10.0. The summed E-state index contributed by atoms with van der Waals surface area (Å²) in [6.45, 7) is 2.81. The molecule has 1 aromatic heterocycles. The van der Waals surface area contributed by atoms with Gasteiger partial charge in [-0.1, -0.05) is 0 Å². The van der Waals surface area contributed by atoms with E-state index in [0.29, 0.717) is 12.4 Å². The van der Waals surface area contributed by atoms with E-state index >= 15 is 0 Å². The summed E-state index contributed by atoms with van der Waals surface area (Å²) < 4.78 is 1.73. The molecule has 1 rings (SSSR count). The van der Waals surface area contributed by atoms with Crippen LogP contribution in [0.25, 0.3) is 0 Å². The molecule has 1 aromatic rings. The number of carbonyl (C=O) groups excluding carboxylic acids is 1. The average Bonchev–Trinajstić information content (AvgIpc) is 2.52. The van der Waals surface area contributed by atoms with Gasteiger partial charge in [0.05, 0.1) is 17.9 Å². The van der Waals surface area contributed by atoms with E-state index in [1.54, 1.807) is 17.1 Å². The minimum absolute atomic E-state index is 0.0214. The maximum absolute atomic E-state index is 11.2. The number of amides is 1. The number of rotatable bonds is 4. The molecule has 1 N–H and O–H groups in total. The van der Waals surface area contributed by atoms with Crippen LogP contribution in [0.3, 0.4) is 0 Å². The second-order valence-electron chi connectivity index (χ2n) is 2.60. The quantitative estimate of drug-likeness (QED) is 0.732. The lowest BCUT2D eigenvalue weighted by Crippen LogP contribution is -2.27. The molecule has 1 heterocycles. The van der Waals surface area contributed by atoms with Gasteiger partial charge in [-0.05, 0) is 6.92 Å². The van der Waals surface area contributed by atoms with Crippen LogP contribution in [-0.4, -0.2) is 22.0 Å². The molecule has 0 fully saturated rings. The number of aromatic nitrogens is 2. The second kappa shape index (κ2) is 4.87. The fraction of sp³-hybridized carbons (Fsp3) is 0.500. The van der Waals surface area contributed by atoms with E-state index in [0.717, 1.165) is 5.69 Å². The Hall–Kier alpha value is -1.03. The summed E-state index contributed by atoms with van der Waals surface area (Å²) in [5.41, 5.74) is 0.855. The van der Waals surface area contributed by atoms with E-state index in [-0.39, 0.29) is 12.5 Å². The minimum Gasteiger partial charge on any atom is -0.355 e. The van der Waals surface area contributed by atoms with Gasteiger partial charge in [-0.2, -0.15) is 0 Å². The Morgan fingerprint density at radius 1 is 1.77 bits per heavy atom. The maximum atomic E-state index is 11.2. The number of carbonyl (C=O) groups is 1. The van der Waals surface area contributed by atoms with Crippen LogP contribution in [0, 0.1) is 0 Å². The Balaban J connectivity index is 2.57. The van der Waals surface area contributed by atoms with Crippen LogP contribution in [0.15, 0.2) is 12.5 Å². The lowest BCUT2D eigenvalue weighted by Gasteiger charge is -2.05. The van der Waals surface area contributed by atoms with Crippen LogP contribution >= 0.6 is 11.6 Å². The first-order chi connectivity index (χ1) is 6.27. The van der Waals surface area contributed by atoms with Crippen molar-refractivity contribution in [3.8, 4) is 0 Å². The molecular formula is C8H12ClN3O. The SMILES string of the molecule is CCNC(=O)Cn1cncc1CCl. The van der Waals surface area contributed by atoms with Crippen LogP contribution < -0.4 is 5.32 Å². The first kappa shape index (κ1) is 10.1. The molecule has 0 aliphatic rings. The van der Waals surface area contributed by atoms with E-state index in [1.165, 1.54) is 0 Å². The van der Waals surface area contributed by atoms with Gasteiger partial charge in [0.1, 0.15) is 6.54 Å². The highest BCUT2D eigenvalue weighted by Gasteiger charge is 2.04. The van der Waals surface area contributed by atoms with Crippen molar-refractivity contribution in [2.75, 3.05) is 6.54 Å². The third kappa shape index (κ3) is 2.73. The molecule has 0 saturated heterocycles. The topological polar surface area (TPSA) is 46.9 Å². The third-order valence-corrected chi connectivity index (χ3v) is 1.90.